The lowest BCUT2D eigenvalue weighted by Gasteiger charge is -2.04. The van der Waals surface area contributed by atoms with E-state index in [4.69, 9.17) is 0 Å². The normalized spacial score (nSPS) is 11.4. The Morgan fingerprint density at radius 3 is 2.12 bits per heavy atom. The lowest BCUT2D eigenvalue weighted by molar-refractivity contribution is 0.332. The van der Waals surface area contributed by atoms with E-state index in [-0.39, 0.29) is 5.75 Å². The predicted octanol–water partition coefficient (Wildman–Crippen LogP) is 4.25. The minimum atomic E-state index is -3.67. The minimum Gasteiger partial charge on any atom is -0.198 e. The molecule has 2 N–H and O–H groups in total. The van der Waals surface area contributed by atoms with Crippen LogP contribution in [0.3, 0.4) is 0 Å². The molecule has 0 fully saturated rings. The van der Waals surface area contributed by atoms with Gasteiger partial charge in [-0.1, -0.05) is 80.6 Å². The van der Waals surface area contributed by atoms with Gasteiger partial charge in [-0.25, -0.2) is 0 Å². The van der Waals surface area contributed by atoms with E-state index in [1.807, 2.05) is 37.3 Å². The largest absolute Gasteiger partial charge is 0.287 e. The summed E-state index contributed by atoms with van der Waals surface area (Å²) in [7, 11) is -3.67. The summed E-state index contributed by atoms with van der Waals surface area (Å²) in [5, 5.41) is 0. The average Bonchev–Trinajstić information content (AvgIpc) is 2.58. The summed E-state index contributed by atoms with van der Waals surface area (Å²) in [5.41, 5.74) is 2.93. The molecule has 0 aliphatic rings. The second kappa shape index (κ2) is 10.0. The van der Waals surface area contributed by atoms with E-state index in [9.17, 15) is 8.42 Å². The van der Waals surface area contributed by atoms with Gasteiger partial charge in [-0.15, -0.1) is 0 Å². The monoisotopic (exact) mass is 347 g/mol. The van der Waals surface area contributed by atoms with E-state index >= 15 is 0 Å². The Hall–Kier alpha value is -1.95. The van der Waals surface area contributed by atoms with Crippen LogP contribution in [-0.2, 0) is 20.2 Å². The van der Waals surface area contributed by atoms with Crippen LogP contribution in [-0.4, -0.2) is 8.42 Å². The van der Waals surface area contributed by atoms with Crippen LogP contribution < -0.4 is 5.90 Å². The van der Waals surface area contributed by atoms with Crippen molar-refractivity contribution in [1.29, 1.82) is 0 Å². The summed E-state index contributed by atoms with van der Waals surface area (Å²) in [6.45, 7) is 6.27. The zero-order chi connectivity index (χ0) is 18.0. The predicted molar refractivity (Wildman–Crippen MR) is 99.6 cm³/mol. The van der Waals surface area contributed by atoms with E-state index in [1.165, 1.54) is 5.56 Å². The Balaban J connectivity index is 0.000000272. The number of rotatable bonds is 5. The molecule has 0 saturated heterocycles. The molecule has 24 heavy (non-hydrogen) atoms. The summed E-state index contributed by atoms with van der Waals surface area (Å²) in [5.74, 6) is 5.11. The van der Waals surface area contributed by atoms with Gasteiger partial charge in [0.25, 0.3) is 10.1 Å². The van der Waals surface area contributed by atoms with Crippen LogP contribution in [0.25, 0.3) is 6.08 Å². The lowest BCUT2D eigenvalue weighted by Crippen LogP contribution is -2.13. The van der Waals surface area contributed by atoms with Gasteiger partial charge in [0.2, 0.25) is 0 Å². The molecule has 2 aromatic carbocycles. The van der Waals surface area contributed by atoms with Gasteiger partial charge in [-0.2, -0.15) is 18.6 Å². The Morgan fingerprint density at radius 2 is 1.62 bits per heavy atom. The fourth-order valence-electron chi connectivity index (χ4n) is 2.07. The molecule has 0 spiro atoms. The van der Waals surface area contributed by atoms with Crippen LogP contribution in [0.5, 0.6) is 0 Å². The molecule has 5 heteroatoms. The van der Waals surface area contributed by atoms with Crippen LogP contribution in [0.4, 0.5) is 0 Å². The molecule has 0 atom stereocenters. The Morgan fingerprint density at radius 1 is 1.04 bits per heavy atom. The van der Waals surface area contributed by atoms with Gasteiger partial charge in [-0.05, 0) is 29.5 Å². The van der Waals surface area contributed by atoms with E-state index in [0.717, 1.165) is 5.56 Å². The van der Waals surface area contributed by atoms with Crippen molar-refractivity contribution in [2.24, 2.45) is 5.90 Å². The fraction of sp³-hybridized carbons (Fsp3) is 0.263. The maximum absolute atomic E-state index is 11.2. The molecule has 4 nitrogen and oxygen atoms in total. The molecule has 0 unspecified atom stereocenters. The fourth-order valence-corrected chi connectivity index (χ4v) is 2.78. The van der Waals surface area contributed by atoms with Gasteiger partial charge in [0.1, 0.15) is 5.75 Å². The molecule has 0 heterocycles. The van der Waals surface area contributed by atoms with E-state index in [1.54, 1.807) is 12.1 Å². The van der Waals surface area contributed by atoms with Crippen LogP contribution >= 0.6 is 0 Å². The Labute approximate surface area is 145 Å². The number of hydrogen-bond donors (Lipinski definition) is 1. The van der Waals surface area contributed by atoms with Crippen molar-refractivity contribution in [3.05, 3.63) is 77.4 Å². The molecule has 2 aromatic rings. The van der Waals surface area contributed by atoms with Gasteiger partial charge >= 0.3 is 0 Å². The van der Waals surface area contributed by atoms with Crippen molar-refractivity contribution < 1.29 is 12.7 Å². The molecular weight excluding hydrogens is 322 g/mol. The van der Waals surface area contributed by atoms with Gasteiger partial charge in [0, 0.05) is 0 Å². The third kappa shape index (κ3) is 7.08. The highest BCUT2D eigenvalue weighted by Gasteiger charge is 2.12. The van der Waals surface area contributed by atoms with E-state index in [2.05, 4.69) is 48.3 Å². The summed E-state index contributed by atoms with van der Waals surface area (Å²) >= 11 is 0. The van der Waals surface area contributed by atoms with Crippen molar-refractivity contribution >= 4 is 16.2 Å². The molecule has 0 amide bonds. The highest BCUT2D eigenvalue weighted by Crippen LogP contribution is 2.14. The average molecular weight is 347 g/mol. The standard InChI is InChI=1S/C10H13NO3S.C9H12/c1-2-5-9-6-3-4-7-10(9)8-15(12,13)14-11;1-8(2)9-6-4-3-5-7-9/h2-7H,8,11H2,1H3;3-8H,1-2H3. The van der Waals surface area contributed by atoms with Gasteiger partial charge in [0.05, 0.1) is 0 Å². The first-order valence-corrected chi connectivity index (χ1v) is 9.34. The maximum Gasteiger partial charge on any atom is 0.287 e. The van der Waals surface area contributed by atoms with Gasteiger partial charge < -0.3 is 0 Å². The highest BCUT2D eigenvalue weighted by atomic mass is 32.2. The minimum absolute atomic E-state index is 0.218. The smallest absolute Gasteiger partial charge is 0.198 e. The molecule has 0 saturated carbocycles. The SMILES string of the molecule is CC(C)c1ccccc1.CC=Cc1ccccc1CS(=O)(=O)ON. The molecule has 0 aromatic heterocycles. The molecule has 0 aliphatic carbocycles. The van der Waals surface area contributed by atoms with E-state index in [0.29, 0.717) is 11.5 Å². The zero-order valence-corrected chi connectivity index (χ0v) is 15.2. The van der Waals surface area contributed by atoms with Crippen molar-refractivity contribution in [1.82, 2.24) is 0 Å². The number of allylic oxidation sites excluding steroid dienone is 1. The topological polar surface area (TPSA) is 69.4 Å². The van der Waals surface area contributed by atoms with Crippen LogP contribution in [0.2, 0.25) is 0 Å². The lowest BCUT2D eigenvalue weighted by atomic mass is 10.0. The molecule has 0 aliphatic heterocycles. The third-order valence-corrected chi connectivity index (χ3v) is 4.30. The Kier molecular flexibility index (Phi) is 8.40. The van der Waals surface area contributed by atoms with E-state index < -0.39 is 10.1 Å². The Bertz CT molecular complexity index is 738. The van der Waals surface area contributed by atoms with Crippen LogP contribution in [0, 0.1) is 0 Å². The summed E-state index contributed by atoms with van der Waals surface area (Å²) in [6.07, 6.45) is 3.68. The van der Waals surface area contributed by atoms with Crippen molar-refractivity contribution in [3.63, 3.8) is 0 Å². The number of nitrogens with two attached hydrogens (primary N) is 1. The first kappa shape index (κ1) is 20.1. The number of benzene rings is 2. The number of hydrogen-bond acceptors (Lipinski definition) is 4. The van der Waals surface area contributed by atoms with Crippen molar-refractivity contribution in [3.8, 4) is 0 Å². The zero-order valence-electron chi connectivity index (χ0n) is 14.3. The van der Waals surface area contributed by atoms with Crippen molar-refractivity contribution in [2.45, 2.75) is 32.4 Å². The summed E-state index contributed by atoms with van der Waals surface area (Å²) in [6, 6.07) is 17.7. The first-order chi connectivity index (χ1) is 11.4. The first-order valence-electron chi connectivity index (χ1n) is 7.76. The third-order valence-electron chi connectivity index (χ3n) is 3.35. The maximum atomic E-state index is 11.2. The molecule has 0 bridgehead atoms. The van der Waals surface area contributed by atoms with Gasteiger partial charge in [-0.3, -0.25) is 0 Å². The molecular formula is C19H25NO3S. The molecule has 130 valence electrons. The molecule has 2 rings (SSSR count). The highest BCUT2D eigenvalue weighted by molar-refractivity contribution is 7.85. The molecule has 0 radical (unpaired) electrons. The quantitative estimate of drug-likeness (QED) is 0.821. The summed E-state index contributed by atoms with van der Waals surface area (Å²) in [4.78, 5) is 0. The van der Waals surface area contributed by atoms with Crippen LogP contribution in [0.15, 0.2) is 60.7 Å². The second-order valence-corrected chi connectivity index (χ2v) is 7.16. The summed E-state index contributed by atoms with van der Waals surface area (Å²) < 4.78 is 26.2. The van der Waals surface area contributed by atoms with Gasteiger partial charge in [0.15, 0.2) is 0 Å². The van der Waals surface area contributed by atoms with Crippen molar-refractivity contribution in [2.75, 3.05) is 0 Å². The second-order valence-electron chi connectivity index (χ2n) is 5.56. The van der Waals surface area contributed by atoms with Crippen LogP contribution in [0.1, 0.15) is 43.4 Å².